The zero-order chi connectivity index (χ0) is 17.4. The number of nitrogens with zero attached hydrogens (tertiary/aromatic N) is 2. The van der Waals surface area contributed by atoms with E-state index in [0.29, 0.717) is 0 Å². The molecule has 3 heteroatoms. The molecule has 0 amide bonds. The lowest BCUT2D eigenvalue weighted by Crippen LogP contribution is -2.10. The fraction of sp³-hybridized carbons (Fsp3) is 0.348. The van der Waals surface area contributed by atoms with Crippen LogP contribution in [0.1, 0.15) is 45.0 Å². The molecule has 0 aliphatic carbocycles. The van der Waals surface area contributed by atoms with Crippen LogP contribution in [0, 0.1) is 0 Å². The second kappa shape index (κ2) is 7.28. The van der Waals surface area contributed by atoms with Gasteiger partial charge in [-0.1, -0.05) is 69.3 Å². The Morgan fingerprint density at radius 3 is 1.96 bits per heavy atom. The number of fused-ring (bicyclic) bond motifs is 1. The summed E-state index contributed by atoms with van der Waals surface area (Å²) in [5.41, 5.74) is 6.40. The molecule has 0 bridgehead atoms. The highest BCUT2D eigenvalue weighted by Gasteiger charge is 2.14. The van der Waals surface area contributed by atoms with Crippen LogP contribution in [-0.4, -0.2) is 9.55 Å². The molecule has 4 rings (SSSR count). The molecule has 1 aliphatic heterocycles. The van der Waals surface area contributed by atoms with Crippen LogP contribution in [0.2, 0.25) is 0 Å². The molecule has 2 heterocycles. The summed E-state index contributed by atoms with van der Waals surface area (Å²) in [6, 6.07) is 17.7. The first-order valence-electron chi connectivity index (χ1n) is 9.28. The molecule has 3 aromatic rings. The van der Waals surface area contributed by atoms with Gasteiger partial charge in [0.1, 0.15) is 5.82 Å². The zero-order valence-electron chi connectivity index (χ0n) is 15.8. The maximum absolute atomic E-state index is 4.83. The highest BCUT2D eigenvalue weighted by Crippen LogP contribution is 2.28. The molecule has 2 nitrogen and oxygen atoms in total. The second-order valence-electron chi connectivity index (χ2n) is 8.10. The molecule has 26 heavy (non-hydrogen) atoms. The van der Waals surface area contributed by atoms with Gasteiger partial charge in [-0.3, -0.25) is 0 Å². The Hall–Kier alpha value is -2.06. The van der Waals surface area contributed by atoms with Crippen molar-refractivity contribution in [1.82, 2.24) is 9.55 Å². The molecular formula is C23H27ClN2. The second-order valence-corrected chi connectivity index (χ2v) is 8.10. The number of hydrogen-bond donors (Lipinski definition) is 0. The average molecular weight is 367 g/mol. The van der Waals surface area contributed by atoms with Gasteiger partial charge >= 0.3 is 0 Å². The Bertz CT molecular complexity index is 845. The number of aryl methyl sites for hydroxylation is 2. The van der Waals surface area contributed by atoms with E-state index in [2.05, 4.69) is 80.1 Å². The van der Waals surface area contributed by atoms with Crippen LogP contribution >= 0.6 is 12.4 Å². The summed E-state index contributed by atoms with van der Waals surface area (Å²) >= 11 is 0. The van der Waals surface area contributed by atoms with Gasteiger partial charge in [-0.05, 0) is 34.9 Å². The number of imidazole rings is 1. The normalized spacial score (nSPS) is 13.8. The van der Waals surface area contributed by atoms with Crippen molar-refractivity contribution in [2.75, 3.05) is 0 Å². The van der Waals surface area contributed by atoms with Gasteiger partial charge in [-0.15, -0.1) is 12.4 Å². The lowest BCUT2D eigenvalue weighted by molar-refractivity contribution is 0.522. The van der Waals surface area contributed by atoms with Crippen LogP contribution in [0.3, 0.4) is 0 Å². The summed E-state index contributed by atoms with van der Waals surface area (Å²) in [6.07, 6.45) is 5.85. The quantitative estimate of drug-likeness (QED) is 0.522. The van der Waals surface area contributed by atoms with Gasteiger partial charge in [0.2, 0.25) is 0 Å². The van der Waals surface area contributed by atoms with Crippen molar-refractivity contribution >= 4 is 12.4 Å². The molecule has 0 radical (unpaired) electrons. The van der Waals surface area contributed by atoms with Gasteiger partial charge in [0, 0.05) is 24.7 Å². The van der Waals surface area contributed by atoms with E-state index in [4.69, 9.17) is 4.98 Å². The maximum atomic E-state index is 4.83. The van der Waals surface area contributed by atoms with Crippen LogP contribution in [-0.2, 0) is 18.4 Å². The Kier molecular flexibility index (Phi) is 5.24. The molecule has 0 saturated carbocycles. The smallest absolute Gasteiger partial charge is 0.109 e. The minimum absolute atomic E-state index is 0. The number of halogens is 1. The van der Waals surface area contributed by atoms with E-state index in [1.54, 1.807) is 0 Å². The zero-order valence-corrected chi connectivity index (χ0v) is 16.6. The summed E-state index contributed by atoms with van der Waals surface area (Å²) in [7, 11) is 0. The van der Waals surface area contributed by atoms with E-state index in [1.807, 2.05) is 0 Å². The van der Waals surface area contributed by atoms with E-state index in [0.717, 1.165) is 18.7 Å². The van der Waals surface area contributed by atoms with Crippen molar-refractivity contribution in [3.8, 4) is 22.4 Å². The third kappa shape index (κ3) is 3.71. The molecular weight excluding hydrogens is 340 g/mol. The summed E-state index contributed by atoms with van der Waals surface area (Å²) < 4.78 is 2.32. The van der Waals surface area contributed by atoms with Crippen LogP contribution in [0.25, 0.3) is 22.4 Å². The van der Waals surface area contributed by atoms with E-state index in [1.165, 1.54) is 40.9 Å². The Morgan fingerprint density at radius 2 is 1.38 bits per heavy atom. The number of hydrogen-bond acceptors (Lipinski definition) is 1. The lowest BCUT2D eigenvalue weighted by Gasteiger charge is -2.19. The Labute approximate surface area is 162 Å². The van der Waals surface area contributed by atoms with Gasteiger partial charge in [0.25, 0.3) is 0 Å². The summed E-state index contributed by atoms with van der Waals surface area (Å²) in [6.45, 7) is 7.87. The molecule has 1 aliphatic rings. The fourth-order valence-electron chi connectivity index (χ4n) is 3.55. The van der Waals surface area contributed by atoms with E-state index < -0.39 is 0 Å². The van der Waals surface area contributed by atoms with Crippen molar-refractivity contribution < 1.29 is 0 Å². The van der Waals surface area contributed by atoms with Crippen molar-refractivity contribution in [3.05, 3.63) is 66.1 Å². The van der Waals surface area contributed by atoms with E-state index >= 15 is 0 Å². The third-order valence-corrected chi connectivity index (χ3v) is 5.17. The van der Waals surface area contributed by atoms with Gasteiger partial charge < -0.3 is 4.57 Å². The predicted octanol–water partition coefficient (Wildman–Crippen LogP) is 6.27. The average Bonchev–Trinajstić information content (AvgIpc) is 3.05. The van der Waals surface area contributed by atoms with Crippen molar-refractivity contribution in [3.63, 3.8) is 0 Å². The third-order valence-electron chi connectivity index (χ3n) is 5.17. The van der Waals surface area contributed by atoms with Crippen molar-refractivity contribution in [2.45, 2.75) is 52.0 Å². The highest BCUT2D eigenvalue weighted by atomic mass is 35.5. The SMILES string of the molecule is CC(C)(C)c1ccc(-c2ccc(-c3cn4c(n3)CCCC4)cc2)cc1.Cl. The molecule has 0 N–H and O–H groups in total. The number of benzene rings is 2. The van der Waals surface area contributed by atoms with Crippen molar-refractivity contribution in [2.24, 2.45) is 0 Å². The van der Waals surface area contributed by atoms with Crippen molar-refractivity contribution in [1.29, 1.82) is 0 Å². The molecule has 2 aromatic carbocycles. The van der Waals surface area contributed by atoms with Crippen LogP contribution < -0.4 is 0 Å². The minimum Gasteiger partial charge on any atom is -0.334 e. The molecule has 0 atom stereocenters. The highest BCUT2D eigenvalue weighted by molar-refractivity contribution is 5.85. The summed E-state index contributed by atoms with van der Waals surface area (Å²) in [5.74, 6) is 1.24. The lowest BCUT2D eigenvalue weighted by atomic mass is 9.86. The van der Waals surface area contributed by atoms with Crippen LogP contribution in [0.4, 0.5) is 0 Å². The maximum Gasteiger partial charge on any atom is 0.109 e. The number of aromatic nitrogens is 2. The Balaban J connectivity index is 0.00000196. The molecule has 0 fully saturated rings. The van der Waals surface area contributed by atoms with Gasteiger partial charge in [0.05, 0.1) is 5.69 Å². The number of rotatable bonds is 2. The van der Waals surface area contributed by atoms with Crippen LogP contribution in [0.5, 0.6) is 0 Å². The van der Waals surface area contributed by atoms with Gasteiger partial charge in [0.15, 0.2) is 0 Å². The summed E-state index contributed by atoms with van der Waals surface area (Å²) in [5, 5.41) is 0. The molecule has 136 valence electrons. The first-order chi connectivity index (χ1) is 12.0. The van der Waals surface area contributed by atoms with E-state index in [9.17, 15) is 0 Å². The Morgan fingerprint density at radius 1 is 0.808 bits per heavy atom. The molecule has 0 saturated heterocycles. The fourth-order valence-corrected chi connectivity index (χ4v) is 3.55. The minimum atomic E-state index is 0. The topological polar surface area (TPSA) is 17.8 Å². The van der Waals surface area contributed by atoms with Gasteiger partial charge in [-0.25, -0.2) is 4.98 Å². The standard InChI is InChI=1S/C23H26N2.ClH/c1-23(2,3)20-13-11-18(12-14-20)17-7-9-19(10-8-17)21-16-25-15-5-4-6-22(25)24-21;/h7-14,16H,4-6,15H2,1-3H3;1H. The summed E-state index contributed by atoms with van der Waals surface area (Å²) in [4.78, 5) is 4.83. The van der Waals surface area contributed by atoms with Crippen LogP contribution in [0.15, 0.2) is 54.7 Å². The molecule has 1 aromatic heterocycles. The monoisotopic (exact) mass is 366 g/mol. The molecule has 0 spiro atoms. The first kappa shape index (κ1) is 18.7. The van der Waals surface area contributed by atoms with E-state index in [-0.39, 0.29) is 17.8 Å². The first-order valence-corrected chi connectivity index (χ1v) is 9.28. The van der Waals surface area contributed by atoms with Gasteiger partial charge in [-0.2, -0.15) is 0 Å². The largest absolute Gasteiger partial charge is 0.334 e. The molecule has 0 unspecified atom stereocenters. The predicted molar refractivity (Wildman–Crippen MR) is 112 cm³/mol.